The van der Waals surface area contributed by atoms with Gasteiger partial charge < -0.3 is 9.64 Å². The summed E-state index contributed by atoms with van der Waals surface area (Å²) in [4.78, 5) is 2.23. The molecule has 0 aliphatic carbocycles. The Morgan fingerprint density at radius 3 is 2.23 bits per heavy atom. The van der Waals surface area contributed by atoms with Gasteiger partial charge in [-0.05, 0) is 39.9 Å². The number of hydrogen-bond donors (Lipinski definition) is 0. The van der Waals surface area contributed by atoms with Gasteiger partial charge in [0.05, 0.1) is 6.10 Å². The predicted molar refractivity (Wildman–Crippen MR) is 58.1 cm³/mol. The van der Waals surface area contributed by atoms with Crippen LogP contribution in [0, 0.1) is 0 Å². The second kappa shape index (κ2) is 8.52. The van der Waals surface area contributed by atoms with Crippen LogP contribution in [0.3, 0.4) is 0 Å². The van der Waals surface area contributed by atoms with Gasteiger partial charge in [0.1, 0.15) is 0 Å². The van der Waals surface area contributed by atoms with Crippen molar-refractivity contribution >= 4 is 0 Å². The molecule has 0 rings (SSSR count). The minimum atomic E-state index is 0.486. The van der Waals surface area contributed by atoms with E-state index in [0.717, 1.165) is 0 Å². The van der Waals surface area contributed by atoms with E-state index in [1.807, 2.05) is 7.11 Å². The molecule has 0 radical (unpaired) electrons. The number of methoxy groups -OCH3 is 1. The summed E-state index contributed by atoms with van der Waals surface area (Å²) < 4.78 is 5.42. The zero-order valence-electron chi connectivity index (χ0n) is 9.68. The van der Waals surface area contributed by atoms with Crippen LogP contribution >= 0.6 is 0 Å². The molecule has 80 valence electrons. The lowest BCUT2D eigenvalue weighted by atomic mass is 10.1. The topological polar surface area (TPSA) is 12.5 Å². The van der Waals surface area contributed by atoms with E-state index in [2.05, 4.69) is 25.9 Å². The Bertz CT molecular complexity index is 104. The first-order valence-electron chi connectivity index (χ1n) is 5.38. The third-order valence-corrected chi connectivity index (χ3v) is 2.34. The predicted octanol–water partition coefficient (Wildman–Crippen LogP) is 2.53. The Kier molecular flexibility index (Phi) is 8.46. The molecule has 0 fully saturated rings. The Morgan fingerprint density at radius 1 is 1.15 bits per heavy atom. The van der Waals surface area contributed by atoms with Gasteiger partial charge >= 0.3 is 0 Å². The summed E-state index contributed by atoms with van der Waals surface area (Å²) in [6.45, 7) is 3.40. The maximum atomic E-state index is 5.42. The summed E-state index contributed by atoms with van der Waals surface area (Å²) in [5.74, 6) is 0. The lowest BCUT2D eigenvalue weighted by Gasteiger charge is -2.16. The van der Waals surface area contributed by atoms with Crippen LogP contribution in [0.2, 0.25) is 0 Å². The Hall–Kier alpha value is -0.0800. The Balaban J connectivity index is 3.36. The standard InChI is InChI=1S/C11H25NO/c1-5-6-8-11(13-4)9-7-10-12(2)3/h11H,5-10H2,1-4H3/t11-/m1/s1. The van der Waals surface area contributed by atoms with Crippen molar-refractivity contribution in [3.05, 3.63) is 0 Å². The number of unbranched alkanes of at least 4 members (excludes halogenated alkanes) is 1. The first-order chi connectivity index (χ1) is 6.20. The molecule has 13 heavy (non-hydrogen) atoms. The normalized spacial score (nSPS) is 13.6. The summed E-state index contributed by atoms with van der Waals surface area (Å²) >= 11 is 0. The second-order valence-corrected chi connectivity index (χ2v) is 3.95. The van der Waals surface area contributed by atoms with Crippen molar-refractivity contribution in [1.82, 2.24) is 4.90 Å². The van der Waals surface area contributed by atoms with E-state index in [-0.39, 0.29) is 0 Å². The highest BCUT2D eigenvalue weighted by molar-refractivity contribution is 4.58. The Morgan fingerprint density at radius 2 is 1.77 bits per heavy atom. The third-order valence-electron chi connectivity index (χ3n) is 2.34. The highest BCUT2D eigenvalue weighted by Gasteiger charge is 2.05. The zero-order chi connectivity index (χ0) is 10.1. The van der Waals surface area contributed by atoms with E-state index in [4.69, 9.17) is 4.74 Å². The van der Waals surface area contributed by atoms with Crippen molar-refractivity contribution in [3.63, 3.8) is 0 Å². The molecule has 0 aliphatic heterocycles. The lowest BCUT2D eigenvalue weighted by Crippen LogP contribution is -2.17. The summed E-state index contributed by atoms with van der Waals surface area (Å²) in [5, 5.41) is 0. The van der Waals surface area contributed by atoms with Crippen LogP contribution in [0.5, 0.6) is 0 Å². The van der Waals surface area contributed by atoms with Crippen LogP contribution in [0.4, 0.5) is 0 Å². The molecule has 0 amide bonds. The minimum absolute atomic E-state index is 0.486. The first-order valence-corrected chi connectivity index (χ1v) is 5.38. The van der Waals surface area contributed by atoms with Gasteiger partial charge in [-0.15, -0.1) is 0 Å². The fourth-order valence-corrected chi connectivity index (χ4v) is 1.45. The smallest absolute Gasteiger partial charge is 0.0571 e. The highest BCUT2D eigenvalue weighted by atomic mass is 16.5. The average Bonchev–Trinajstić information content (AvgIpc) is 2.10. The summed E-state index contributed by atoms with van der Waals surface area (Å²) in [6, 6.07) is 0. The molecule has 0 aromatic carbocycles. The van der Waals surface area contributed by atoms with Gasteiger partial charge in [-0.2, -0.15) is 0 Å². The van der Waals surface area contributed by atoms with Gasteiger partial charge in [-0.1, -0.05) is 19.8 Å². The zero-order valence-corrected chi connectivity index (χ0v) is 9.68. The SMILES string of the molecule is CCCC[C@H](CCCN(C)C)OC. The molecule has 0 saturated heterocycles. The number of ether oxygens (including phenoxy) is 1. The monoisotopic (exact) mass is 187 g/mol. The molecule has 2 nitrogen and oxygen atoms in total. The lowest BCUT2D eigenvalue weighted by molar-refractivity contribution is 0.0825. The summed E-state index contributed by atoms with van der Waals surface area (Å²) in [7, 11) is 6.07. The van der Waals surface area contributed by atoms with E-state index in [1.54, 1.807) is 0 Å². The van der Waals surface area contributed by atoms with E-state index in [1.165, 1.54) is 38.6 Å². The van der Waals surface area contributed by atoms with Crippen molar-refractivity contribution in [2.24, 2.45) is 0 Å². The molecular formula is C11H25NO. The van der Waals surface area contributed by atoms with E-state index >= 15 is 0 Å². The molecule has 1 atom stereocenters. The van der Waals surface area contributed by atoms with Gasteiger partial charge in [0.25, 0.3) is 0 Å². The molecule has 0 N–H and O–H groups in total. The minimum Gasteiger partial charge on any atom is -0.381 e. The second-order valence-electron chi connectivity index (χ2n) is 3.95. The van der Waals surface area contributed by atoms with Crippen LogP contribution in [0.25, 0.3) is 0 Å². The molecule has 0 aromatic rings. The van der Waals surface area contributed by atoms with E-state index < -0.39 is 0 Å². The van der Waals surface area contributed by atoms with Crippen LogP contribution < -0.4 is 0 Å². The molecular weight excluding hydrogens is 162 g/mol. The van der Waals surface area contributed by atoms with Crippen LogP contribution in [0.1, 0.15) is 39.0 Å². The third kappa shape index (κ3) is 8.26. The van der Waals surface area contributed by atoms with Gasteiger partial charge in [0, 0.05) is 7.11 Å². The molecule has 0 bridgehead atoms. The maximum absolute atomic E-state index is 5.42. The largest absolute Gasteiger partial charge is 0.381 e. The van der Waals surface area contributed by atoms with Crippen LogP contribution in [-0.4, -0.2) is 38.8 Å². The molecule has 2 heteroatoms. The average molecular weight is 187 g/mol. The van der Waals surface area contributed by atoms with Gasteiger partial charge in [-0.3, -0.25) is 0 Å². The van der Waals surface area contributed by atoms with Crippen molar-refractivity contribution in [3.8, 4) is 0 Å². The van der Waals surface area contributed by atoms with Crippen molar-refractivity contribution < 1.29 is 4.74 Å². The fourth-order valence-electron chi connectivity index (χ4n) is 1.45. The molecule has 0 saturated carbocycles. The fraction of sp³-hybridized carbons (Fsp3) is 1.00. The van der Waals surface area contributed by atoms with E-state index in [0.29, 0.717) is 6.10 Å². The molecule has 0 spiro atoms. The molecule has 0 aromatic heterocycles. The summed E-state index contributed by atoms with van der Waals surface area (Å²) in [6.07, 6.45) is 6.72. The molecule has 0 aliphatic rings. The van der Waals surface area contributed by atoms with Gasteiger partial charge in [0.15, 0.2) is 0 Å². The number of nitrogens with zero attached hydrogens (tertiary/aromatic N) is 1. The van der Waals surface area contributed by atoms with Crippen molar-refractivity contribution in [2.75, 3.05) is 27.7 Å². The Labute approximate surface area is 83.3 Å². The summed E-state index contributed by atoms with van der Waals surface area (Å²) in [5.41, 5.74) is 0. The number of hydrogen-bond acceptors (Lipinski definition) is 2. The van der Waals surface area contributed by atoms with Crippen molar-refractivity contribution in [2.45, 2.75) is 45.1 Å². The quantitative estimate of drug-likeness (QED) is 0.579. The van der Waals surface area contributed by atoms with E-state index in [9.17, 15) is 0 Å². The van der Waals surface area contributed by atoms with Crippen LogP contribution in [0.15, 0.2) is 0 Å². The molecule has 0 heterocycles. The van der Waals surface area contributed by atoms with Gasteiger partial charge in [-0.25, -0.2) is 0 Å². The van der Waals surface area contributed by atoms with Crippen LogP contribution in [-0.2, 0) is 4.74 Å². The molecule has 0 unspecified atom stereocenters. The highest BCUT2D eigenvalue weighted by Crippen LogP contribution is 2.10. The van der Waals surface area contributed by atoms with Gasteiger partial charge in [0.2, 0.25) is 0 Å². The maximum Gasteiger partial charge on any atom is 0.0571 e. The number of rotatable bonds is 8. The van der Waals surface area contributed by atoms with Crippen molar-refractivity contribution in [1.29, 1.82) is 0 Å². The first kappa shape index (κ1) is 12.9.